The second-order valence-electron chi connectivity index (χ2n) is 3.89. The van der Waals surface area contributed by atoms with Crippen molar-refractivity contribution < 1.29 is 14.5 Å². The highest BCUT2D eigenvalue weighted by Gasteiger charge is 2.15. The first kappa shape index (κ1) is 12.1. The van der Waals surface area contributed by atoms with Crippen molar-refractivity contribution >= 4 is 23.9 Å². The number of hydrogen-bond acceptors (Lipinski definition) is 6. The molecule has 0 unspecified atom stereocenters. The lowest BCUT2D eigenvalue weighted by atomic mass is 9.80. The Bertz CT molecular complexity index is 682. The normalized spacial score (nSPS) is 10.6. The van der Waals surface area contributed by atoms with E-state index >= 15 is 0 Å². The quantitative estimate of drug-likeness (QED) is 0.699. The van der Waals surface area contributed by atoms with Crippen LogP contribution in [0, 0.1) is 0 Å². The van der Waals surface area contributed by atoms with Crippen molar-refractivity contribution in [3.63, 3.8) is 0 Å². The Balaban J connectivity index is 1.97. The molecule has 0 spiro atoms. The first-order valence-electron chi connectivity index (χ1n) is 5.58. The van der Waals surface area contributed by atoms with Gasteiger partial charge in [-0.3, -0.25) is 0 Å². The van der Waals surface area contributed by atoms with Gasteiger partial charge in [0.25, 0.3) is 5.89 Å². The van der Waals surface area contributed by atoms with E-state index in [1.165, 1.54) is 11.3 Å². The van der Waals surface area contributed by atoms with Crippen LogP contribution < -0.4 is 5.46 Å². The van der Waals surface area contributed by atoms with Crippen LogP contribution in [0.15, 0.2) is 46.2 Å². The van der Waals surface area contributed by atoms with Crippen LogP contribution in [0.4, 0.5) is 0 Å². The van der Waals surface area contributed by atoms with Gasteiger partial charge in [-0.25, -0.2) is 0 Å². The Morgan fingerprint density at radius 2 is 1.89 bits per heavy atom. The van der Waals surface area contributed by atoms with E-state index in [1.54, 1.807) is 24.3 Å². The standard InChI is InChI=1S/C12H9BN2O3S/c16-13(17)9-4-1-3-8(7-9)11-14-15-12(18-11)10-5-2-6-19-10/h1-7,16-17H. The van der Waals surface area contributed by atoms with E-state index in [9.17, 15) is 0 Å². The molecule has 2 aromatic heterocycles. The molecule has 19 heavy (non-hydrogen) atoms. The van der Waals surface area contributed by atoms with Crippen molar-refractivity contribution in [3.8, 4) is 22.2 Å². The van der Waals surface area contributed by atoms with E-state index in [1.807, 2.05) is 17.5 Å². The summed E-state index contributed by atoms with van der Waals surface area (Å²) in [6, 6.07) is 10.5. The van der Waals surface area contributed by atoms with Gasteiger partial charge < -0.3 is 14.5 Å². The molecule has 0 aliphatic rings. The molecule has 0 bridgehead atoms. The minimum atomic E-state index is -1.51. The number of hydrogen-bond donors (Lipinski definition) is 2. The van der Waals surface area contributed by atoms with Crippen molar-refractivity contribution in [2.24, 2.45) is 0 Å². The minimum absolute atomic E-state index is 0.353. The molecule has 0 amide bonds. The summed E-state index contributed by atoms with van der Waals surface area (Å²) in [5.41, 5.74) is 1.04. The van der Waals surface area contributed by atoms with E-state index in [4.69, 9.17) is 14.5 Å². The molecule has 0 radical (unpaired) electrons. The second-order valence-corrected chi connectivity index (χ2v) is 4.84. The van der Waals surface area contributed by atoms with Crippen LogP contribution in [0.25, 0.3) is 22.2 Å². The molecule has 3 rings (SSSR count). The third-order valence-corrected chi connectivity index (χ3v) is 3.45. The monoisotopic (exact) mass is 272 g/mol. The SMILES string of the molecule is OB(O)c1cccc(-c2nnc(-c3cccs3)o2)c1. The number of benzene rings is 1. The highest BCUT2D eigenvalue weighted by molar-refractivity contribution is 7.13. The van der Waals surface area contributed by atoms with Gasteiger partial charge in [-0.15, -0.1) is 21.5 Å². The van der Waals surface area contributed by atoms with Gasteiger partial charge in [-0.2, -0.15) is 0 Å². The Morgan fingerprint density at radius 3 is 2.63 bits per heavy atom. The smallest absolute Gasteiger partial charge is 0.423 e. The van der Waals surface area contributed by atoms with Gasteiger partial charge in [-0.1, -0.05) is 18.2 Å². The van der Waals surface area contributed by atoms with Crippen LogP contribution in [0.5, 0.6) is 0 Å². The van der Waals surface area contributed by atoms with Crippen molar-refractivity contribution in [3.05, 3.63) is 41.8 Å². The summed E-state index contributed by atoms with van der Waals surface area (Å²) in [6.45, 7) is 0. The Morgan fingerprint density at radius 1 is 1.05 bits per heavy atom. The van der Waals surface area contributed by atoms with Crippen LogP contribution in [-0.4, -0.2) is 27.4 Å². The fourth-order valence-corrected chi connectivity index (χ4v) is 2.32. The minimum Gasteiger partial charge on any atom is -0.423 e. The van der Waals surface area contributed by atoms with Gasteiger partial charge in [0.1, 0.15) is 0 Å². The van der Waals surface area contributed by atoms with Gasteiger partial charge in [0.2, 0.25) is 5.89 Å². The van der Waals surface area contributed by atoms with E-state index < -0.39 is 7.12 Å². The van der Waals surface area contributed by atoms with Crippen LogP contribution in [0.2, 0.25) is 0 Å². The average Bonchev–Trinajstić information content (AvgIpc) is 3.09. The van der Waals surface area contributed by atoms with E-state index in [0.29, 0.717) is 22.8 Å². The maximum Gasteiger partial charge on any atom is 0.488 e. The predicted molar refractivity (Wildman–Crippen MR) is 72.9 cm³/mol. The van der Waals surface area contributed by atoms with Gasteiger partial charge in [0, 0.05) is 5.56 Å². The molecule has 2 N–H and O–H groups in total. The third kappa shape index (κ3) is 2.44. The molecule has 0 atom stereocenters. The maximum atomic E-state index is 9.14. The Hall–Kier alpha value is -1.96. The van der Waals surface area contributed by atoms with Crippen LogP contribution in [0.3, 0.4) is 0 Å². The fraction of sp³-hybridized carbons (Fsp3) is 0. The topological polar surface area (TPSA) is 79.4 Å². The van der Waals surface area contributed by atoms with Crippen molar-refractivity contribution in [2.45, 2.75) is 0 Å². The third-order valence-electron chi connectivity index (χ3n) is 2.59. The van der Waals surface area contributed by atoms with Crippen LogP contribution in [0.1, 0.15) is 0 Å². The second kappa shape index (κ2) is 4.97. The average molecular weight is 272 g/mol. The van der Waals surface area contributed by atoms with Crippen LogP contribution >= 0.6 is 11.3 Å². The summed E-state index contributed by atoms with van der Waals surface area (Å²) < 4.78 is 5.57. The Labute approximate surface area is 113 Å². The van der Waals surface area contributed by atoms with Gasteiger partial charge in [0.05, 0.1) is 4.88 Å². The van der Waals surface area contributed by atoms with E-state index in [2.05, 4.69) is 10.2 Å². The van der Waals surface area contributed by atoms with Crippen molar-refractivity contribution in [1.29, 1.82) is 0 Å². The molecule has 0 saturated heterocycles. The predicted octanol–water partition coefficient (Wildman–Crippen LogP) is 1.14. The summed E-state index contributed by atoms with van der Waals surface area (Å²) in [5, 5.41) is 28.2. The number of rotatable bonds is 3. The zero-order valence-electron chi connectivity index (χ0n) is 9.72. The zero-order valence-corrected chi connectivity index (χ0v) is 10.5. The molecular weight excluding hydrogens is 263 g/mol. The largest absolute Gasteiger partial charge is 0.488 e. The van der Waals surface area contributed by atoms with E-state index in [-0.39, 0.29) is 0 Å². The number of thiophene rings is 1. The van der Waals surface area contributed by atoms with Crippen molar-refractivity contribution in [1.82, 2.24) is 10.2 Å². The molecule has 94 valence electrons. The zero-order chi connectivity index (χ0) is 13.2. The van der Waals surface area contributed by atoms with Crippen LogP contribution in [-0.2, 0) is 0 Å². The van der Waals surface area contributed by atoms with Gasteiger partial charge in [-0.05, 0) is 29.0 Å². The summed E-state index contributed by atoms with van der Waals surface area (Å²) in [7, 11) is -1.51. The van der Waals surface area contributed by atoms with E-state index in [0.717, 1.165) is 4.88 Å². The fourth-order valence-electron chi connectivity index (χ4n) is 1.67. The molecule has 0 aliphatic carbocycles. The molecule has 0 aliphatic heterocycles. The molecule has 2 heterocycles. The van der Waals surface area contributed by atoms with Gasteiger partial charge in [0.15, 0.2) is 0 Å². The summed E-state index contributed by atoms with van der Waals surface area (Å²) in [6.07, 6.45) is 0. The lowest BCUT2D eigenvalue weighted by Gasteiger charge is -2.00. The number of nitrogens with zero attached hydrogens (tertiary/aromatic N) is 2. The summed E-state index contributed by atoms with van der Waals surface area (Å²) >= 11 is 1.52. The summed E-state index contributed by atoms with van der Waals surface area (Å²) in [5.74, 6) is 0.811. The summed E-state index contributed by atoms with van der Waals surface area (Å²) in [4.78, 5) is 0.900. The molecule has 7 heteroatoms. The first-order valence-corrected chi connectivity index (χ1v) is 6.46. The Kier molecular flexibility index (Phi) is 3.16. The first-order chi connectivity index (χ1) is 9.24. The number of aromatic nitrogens is 2. The highest BCUT2D eigenvalue weighted by Crippen LogP contribution is 2.26. The lowest BCUT2D eigenvalue weighted by Crippen LogP contribution is -2.29. The molecule has 5 nitrogen and oxygen atoms in total. The molecular formula is C12H9BN2O3S. The molecule has 0 saturated carbocycles. The molecule has 3 aromatic rings. The lowest BCUT2D eigenvalue weighted by molar-refractivity contribution is 0.426. The molecule has 0 fully saturated rings. The van der Waals surface area contributed by atoms with Gasteiger partial charge >= 0.3 is 7.12 Å². The highest BCUT2D eigenvalue weighted by atomic mass is 32.1. The molecule has 1 aromatic carbocycles. The van der Waals surface area contributed by atoms with Crippen molar-refractivity contribution in [2.75, 3.05) is 0 Å². The maximum absolute atomic E-state index is 9.14.